The van der Waals surface area contributed by atoms with Gasteiger partial charge < -0.3 is 10.3 Å². The molecule has 92 valence electrons. The van der Waals surface area contributed by atoms with E-state index in [2.05, 4.69) is 55.9 Å². The molecule has 1 unspecified atom stereocenters. The van der Waals surface area contributed by atoms with Crippen LogP contribution in [0.15, 0.2) is 30.5 Å². The van der Waals surface area contributed by atoms with E-state index in [-0.39, 0.29) is 0 Å². The second kappa shape index (κ2) is 4.92. The highest BCUT2D eigenvalue weighted by molar-refractivity contribution is 5.84. The molecule has 0 radical (unpaired) electrons. The maximum absolute atomic E-state index is 5.75. The van der Waals surface area contributed by atoms with Crippen LogP contribution >= 0.6 is 0 Å². The van der Waals surface area contributed by atoms with E-state index in [1.165, 1.54) is 16.5 Å². The number of nitrogens with zero attached hydrogens (tertiary/aromatic N) is 1. The average molecular weight is 230 g/mol. The van der Waals surface area contributed by atoms with Crippen molar-refractivity contribution in [2.75, 3.05) is 6.54 Å². The van der Waals surface area contributed by atoms with Crippen molar-refractivity contribution in [2.24, 2.45) is 18.7 Å². The molecule has 2 N–H and O–H groups in total. The standard InChI is InChI=1S/C15H22N2/c1-11(2)12(8-9-16)14-10-17(3)15-7-5-4-6-13(14)15/h4-7,10-12H,8-9,16H2,1-3H3. The predicted octanol–water partition coefficient (Wildman–Crippen LogP) is 3.27. The van der Waals surface area contributed by atoms with E-state index in [9.17, 15) is 0 Å². The summed E-state index contributed by atoms with van der Waals surface area (Å²) in [7, 11) is 2.12. The van der Waals surface area contributed by atoms with Crippen molar-refractivity contribution in [3.05, 3.63) is 36.0 Å². The van der Waals surface area contributed by atoms with Gasteiger partial charge in [-0.3, -0.25) is 0 Å². The zero-order chi connectivity index (χ0) is 12.4. The Bertz CT molecular complexity index is 497. The Morgan fingerprint density at radius 2 is 1.94 bits per heavy atom. The smallest absolute Gasteiger partial charge is 0.0480 e. The van der Waals surface area contributed by atoms with E-state index in [1.807, 2.05) is 0 Å². The summed E-state index contributed by atoms with van der Waals surface area (Å²) in [5.41, 5.74) is 8.51. The molecule has 1 atom stereocenters. The summed E-state index contributed by atoms with van der Waals surface area (Å²) in [6.45, 7) is 5.32. The van der Waals surface area contributed by atoms with Crippen LogP contribution in [-0.4, -0.2) is 11.1 Å². The van der Waals surface area contributed by atoms with Crippen molar-refractivity contribution in [1.29, 1.82) is 0 Å². The zero-order valence-corrected chi connectivity index (χ0v) is 11.0. The summed E-state index contributed by atoms with van der Waals surface area (Å²) in [6.07, 6.45) is 3.33. The topological polar surface area (TPSA) is 30.9 Å². The van der Waals surface area contributed by atoms with E-state index in [1.54, 1.807) is 0 Å². The van der Waals surface area contributed by atoms with Crippen molar-refractivity contribution >= 4 is 10.9 Å². The summed E-state index contributed by atoms with van der Waals surface area (Å²) >= 11 is 0. The van der Waals surface area contributed by atoms with Crippen molar-refractivity contribution < 1.29 is 0 Å². The minimum atomic E-state index is 0.561. The van der Waals surface area contributed by atoms with E-state index in [4.69, 9.17) is 5.73 Å². The Balaban J connectivity index is 2.53. The van der Waals surface area contributed by atoms with Gasteiger partial charge >= 0.3 is 0 Å². The van der Waals surface area contributed by atoms with E-state index in [0.29, 0.717) is 11.8 Å². The average Bonchev–Trinajstić information content (AvgIpc) is 2.64. The number of fused-ring (bicyclic) bond motifs is 1. The SMILES string of the molecule is CC(C)C(CCN)c1cn(C)c2ccccc12. The van der Waals surface area contributed by atoms with Crippen LogP contribution in [0.4, 0.5) is 0 Å². The molecule has 17 heavy (non-hydrogen) atoms. The Hall–Kier alpha value is -1.28. The van der Waals surface area contributed by atoms with Gasteiger partial charge in [0.05, 0.1) is 0 Å². The molecule has 0 spiro atoms. The third kappa shape index (κ3) is 2.22. The molecule has 0 aliphatic carbocycles. The number of nitrogens with two attached hydrogens (primary N) is 1. The highest BCUT2D eigenvalue weighted by Crippen LogP contribution is 2.33. The summed E-state index contributed by atoms with van der Waals surface area (Å²) in [4.78, 5) is 0. The summed E-state index contributed by atoms with van der Waals surface area (Å²) in [6, 6.07) is 8.61. The first-order valence-electron chi connectivity index (χ1n) is 6.39. The maximum Gasteiger partial charge on any atom is 0.0480 e. The predicted molar refractivity (Wildman–Crippen MR) is 74.2 cm³/mol. The van der Waals surface area contributed by atoms with Crippen LogP contribution in [0.5, 0.6) is 0 Å². The van der Waals surface area contributed by atoms with Crippen molar-refractivity contribution in [3.63, 3.8) is 0 Å². The second-order valence-electron chi connectivity index (χ2n) is 5.14. The third-order valence-corrected chi connectivity index (χ3v) is 3.61. The van der Waals surface area contributed by atoms with Gasteiger partial charge in [-0.2, -0.15) is 0 Å². The van der Waals surface area contributed by atoms with E-state index < -0.39 is 0 Å². The van der Waals surface area contributed by atoms with Crippen LogP contribution in [0.3, 0.4) is 0 Å². The molecule has 2 nitrogen and oxygen atoms in total. The number of rotatable bonds is 4. The number of hydrogen-bond acceptors (Lipinski definition) is 1. The first-order chi connectivity index (χ1) is 8.15. The zero-order valence-electron chi connectivity index (χ0n) is 11.0. The highest BCUT2D eigenvalue weighted by Gasteiger charge is 2.19. The highest BCUT2D eigenvalue weighted by atomic mass is 14.9. The van der Waals surface area contributed by atoms with Crippen LogP contribution in [-0.2, 0) is 7.05 Å². The lowest BCUT2D eigenvalue weighted by molar-refractivity contribution is 0.475. The Labute approximate surface area is 103 Å². The summed E-state index contributed by atoms with van der Waals surface area (Å²) in [5, 5.41) is 1.38. The molecule has 0 aliphatic rings. The minimum Gasteiger partial charge on any atom is -0.350 e. The van der Waals surface area contributed by atoms with Crippen LogP contribution in [0.1, 0.15) is 31.7 Å². The Morgan fingerprint density at radius 1 is 1.24 bits per heavy atom. The maximum atomic E-state index is 5.75. The van der Waals surface area contributed by atoms with Crippen molar-refractivity contribution in [2.45, 2.75) is 26.2 Å². The Kier molecular flexibility index (Phi) is 3.53. The fourth-order valence-electron chi connectivity index (χ4n) is 2.70. The van der Waals surface area contributed by atoms with Gasteiger partial charge in [-0.25, -0.2) is 0 Å². The summed E-state index contributed by atoms with van der Waals surface area (Å²) < 4.78 is 2.22. The largest absolute Gasteiger partial charge is 0.350 e. The normalized spacial score (nSPS) is 13.5. The van der Waals surface area contributed by atoms with Gasteiger partial charge in [-0.05, 0) is 36.4 Å². The molecule has 2 rings (SSSR count). The molecule has 0 saturated heterocycles. The monoisotopic (exact) mass is 230 g/mol. The fraction of sp³-hybridized carbons (Fsp3) is 0.467. The lowest BCUT2D eigenvalue weighted by Gasteiger charge is -2.19. The van der Waals surface area contributed by atoms with Gasteiger partial charge in [0, 0.05) is 24.1 Å². The van der Waals surface area contributed by atoms with E-state index >= 15 is 0 Å². The summed E-state index contributed by atoms with van der Waals surface area (Å²) in [5.74, 6) is 1.19. The van der Waals surface area contributed by atoms with Crippen molar-refractivity contribution in [1.82, 2.24) is 4.57 Å². The second-order valence-corrected chi connectivity index (χ2v) is 5.14. The lowest BCUT2D eigenvalue weighted by atomic mass is 9.85. The molecule has 1 aromatic heterocycles. The van der Waals surface area contributed by atoms with Gasteiger partial charge in [-0.15, -0.1) is 0 Å². The molecule has 1 heterocycles. The molecular weight excluding hydrogens is 208 g/mol. The first kappa shape index (κ1) is 12.2. The molecule has 2 heteroatoms. The quantitative estimate of drug-likeness (QED) is 0.858. The molecule has 0 amide bonds. The minimum absolute atomic E-state index is 0.561. The molecule has 1 aromatic carbocycles. The fourth-order valence-corrected chi connectivity index (χ4v) is 2.70. The molecule has 2 aromatic rings. The molecule has 0 aliphatic heterocycles. The van der Waals surface area contributed by atoms with E-state index in [0.717, 1.165) is 13.0 Å². The van der Waals surface area contributed by atoms with Gasteiger partial charge in [0.2, 0.25) is 0 Å². The third-order valence-electron chi connectivity index (χ3n) is 3.61. The number of aromatic nitrogens is 1. The number of para-hydroxylation sites is 1. The molecule has 0 saturated carbocycles. The molecular formula is C15H22N2. The molecule has 0 bridgehead atoms. The van der Waals surface area contributed by atoms with Crippen LogP contribution in [0.25, 0.3) is 10.9 Å². The lowest BCUT2D eigenvalue weighted by Crippen LogP contribution is -2.12. The van der Waals surface area contributed by atoms with Crippen molar-refractivity contribution in [3.8, 4) is 0 Å². The van der Waals surface area contributed by atoms with Gasteiger partial charge in [0.15, 0.2) is 0 Å². The number of benzene rings is 1. The van der Waals surface area contributed by atoms with Gasteiger partial charge in [0.25, 0.3) is 0 Å². The number of hydrogen-bond donors (Lipinski definition) is 1. The van der Waals surface area contributed by atoms with Crippen LogP contribution in [0.2, 0.25) is 0 Å². The van der Waals surface area contributed by atoms with Gasteiger partial charge in [-0.1, -0.05) is 32.0 Å². The first-order valence-corrected chi connectivity index (χ1v) is 6.39. The molecule has 0 fully saturated rings. The van der Waals surface area contributed by atoms with Crippen LogP contribution in [0, 0.1) is 5.92 Å². The van der Waals surface area contributed by atoms with Crippen LogP contribution < -0.4 is 5.73 Å². The number of aryl methyl sites for hydroxylation is 1. The Morgan fingerprint density at radius 3 is 2.59 bits per heavy atom. The van der Waals surface area contributed by atoms with Gasteiger partial charge in [0.1, 0.15) is 0 Å².